The normalized spacial score (nSPS) is 20.0. The van der Waals surface area contributed by atoms with Gasteiger partial charge < -0.3 is 5.32 Å². The number of carbonyl (C=O) groups is 1. The summed E-state index contributed by atoms with van der Waals surface area (Å²) in [4.78, 5) is 14.9. The Kier molecular flexibility index (Phi) is 3.65. The van der Waals surface area contributed by atoms with Gasteiger partial charge >= 0.3 is 0 Å². The average molecular weight is 310 g/mol. The van der Waals surface area contributed by atoms with Crippen molar-refractivity contribution < 1.29 is 4.79 Å². The van der Waals surface area contributed by atoms with E-state index in [-0.39, 0.29) is 11.9 Å². The van der Waals surface area contributed by atoms with Crippen molar-refractivity contribution >= 4 is 5.91 Å². The van der Waals surface area contributed by atoms with E-state index in [0.717, 1.165) is 31.5 Å². The molecule has 23 heavy (non-hydrogen) atoms. The summed E-state index contributed by atoms with van der Waals surface area (Å²) in [5.74, 6) is 0.133. The molecule has 2 heterocycles. The fourth-order valence-electron chi connectivity index (χ4n) is 3.17. The third kappa shape index (κ3) is 3.01. The molecule has 2 aliphatic rings. The molecule has 2 aromatic rings. The number of amides is 1. The van der Waals surface area contributed by atoms with Crippen LogP contribution >= 0.6 is 0 Å². The molecule has 120 valence electrons. The van der Waals surface area contributed by atoms with Crippen LogP contribution in [0.4, 0.5) is 0 Å². The maximum absolute atomic E-state index is 12.7. The molecule has 1 aromatic heterocycles. The van der Waals surface area contributed by atoms with Crippen molar-refractivity contribution in [2.45, 2.75) is 37.9 Å². The minimum absolute atomic E-state index is 0.133. The van der Waals surface area contributed by atoms with Crippen molar-refractivity contribution in [2.75, 3.05) is 13.1 Å². The van der Waals surface area contributed by atoms with Gasteiger partial charge in [-0.2, -0.15) is 5.10 Å². The Balaban J connectivity index is 1.49. The van der Waals surface area contributed by atoms with Gasteiger partial charge in [0.05, 0.1) is 12.2 Å². The molecule has 1 unspecified atom stereocenters. The highest BCUT2D eigenvalue weighted by atomic mass is 16.2. The lowest BCUT2D eigenvalue weighted by atomic mass is 9.98. The van der Waals surface area contributed by atoms with E-state index in [1.807, 2.05) is 41.2 Å². The van der Waals surface area contributed by atoms with Gasteiger partial charge in [-0.15, -0.1) is 0 Å². The van der Waals surface area contributed by atoms with Gasteiger partial charge in [-0.1, -0.05) is 30.3 Å². The standard InChI is InChI=1S/C18H22N4O/c1-13-9-19-22(10-13)16-11-21(12-16)17(14-5-3-2-4-6-14)18(23)20-15-7-8-15/h2-6,9-10,15-17H,7-8,11-12H2,1H3,(H,20,23). The molecular formula is C18H22N4O. The molecule has 0 spiro atoms. The van der Waals surface area contributed by atoms with Crippen LogP contribution in [0.25, 0.3) is 0 Å². The van der Waals surface area contributed by atoms with E-state index < -0.39 is 0 Å². The summed E-state index contributed by atoms with van der Waals surface area (Å²) in [7, 11) is 0. The van der Waals surface area contributed by atoms with Crippen LogP contribution in [0.15, 0.2) is 42.7 Å². The van der Waals surface area contributed by atoms with Crippen LogP contribution in [-0.4, -0.2) is 39.7 Å². The maximum Gasteiger partial charge on any atom is 0.242 e. The van der Waals surface area contributed by atoms with Gasteiger partial charge in [0.25, 0.3) is 0 Å². The Morgan fingerprint density at radius 2 is 2.00 bits per heavy atom. The largest absolute Gasteiger partial charge is 0.352 e. The van der Waals surface area contributed by atoms with E-state index in [2.05, 4.69) is 28.4 Å². The summed E-state index contributed by atoms with van der Waals surface area (Å²) < 4.78 is 2.02. The molecule has 2 fully saturated rings. The summed E-state index contributed by atoms with van der Waals surface area (Å²) in [6, 6.07) is 10.6. The first kappa shape index (κ1) is 14.5. The van der Waals surface area contributed by atoms with Crippen molar-refractivity contribution in [1.29, 1.82) is 0 Å². The lowest BCUT2D eigenvalue weighted by molar-refractivity contribution is -0.129. The molecule has 1 saturated heterocycles. The molecule has 4 rings (SSSR count). The van der Waals surface area contributed by atoms with Crippen LogP contribution in [0.2, 0.25) is 0 Å². The first-order chi connectivity index (χ1) is 11.2. The SMILES string of the molecule is Cc1cnn(C2CN(C(C(=O)NC3CC3)c3ccccc3)C2)c1. The molecule has 1 amide bonds. The molecule has 1 aliphatic heterocycles. The molecule has 1 aliphatic carbocycles. The number of hydrogen-bond donors (Lipinski definition) is 1. The zero-order valence-electron chi connectivity index (χ0n) is 13.4. The van der Waals surface area contributed by atoms with Crippen molar-refractivity contribution in [3.8, 4) is 0 Å². The minimum atomic E-state index is -0.190. The minimum Gasteiger partial charge on any atom is -0.352 e. The highest BCUT2D eigenvalue weighted by molar-refractivity contribution is 5.83. The predicted molar refractivity (Wildman–Crippen MR) is 87.9 cm³/mol. The number of likely N-dealkylation sites (tertiary alicyclic amines) is 1. The fourth-order valence-corrected chi connectivity index (χ4v) is 3.17. The van der Waals surface area contributed by atoms with Gasteiger partial charge in [-0.25, -0.2) is 0 Å². The van der Waals surface area contributed by atoms with Crippen molar-refractivity contribution in [3.05, 3.63) is 53.9 Å². The lowest BCUT2D eigenvalue weighted by Gasteiger charge is -2.43. The number of nitrogens with one attached hydrogen (secondary N) is 1. The quantitative estimate of drug-likeness (QED) is 0.920. The highest BCUT2D eigenvalue weighted by Crippen LogP contribution is 2.32. The average Bonchev–Trinajstić information content (AvgIpc) is 3.22. The monoisotopic (exact) mass is 310 g/mol. The van der Waals surface area contributed by atoms with E-state index in [4.69, 9.17) is 0 Å². The van der Waals surface area contributed by atoms with E-state index in [0.29, 0.717) is 12.1 Å². The molecule has 1 aromatic carbocycles. The van der Waals surface area contributed by atoms with Gasteiger partial charge in [-0.3, -0.25) is 14.4 Å². The van der Waals surface area contributed by atoms with Crippen molar-refractivity contribution in [1.82, 2.24) is 20.0 Å². The van der Waals surface area contributed by atoms with Crippen molar-refractivity contribution in [2.24, 2.45) is 0 Å². The Labute approximate surface area is 136 Å². The third-order valence-electron chi connectivity index (χ3n) is 4.65. The second-order valence-electron chi connectivity index (χ2n) is 6.70. The van der Waals surface area contributed by atoms with Crippen LogP contribution in [-0.2, 0) is 4.79 Å². The number of hydrogen-bond acceptors (Lipinski definition) is 3. The molecule has 1 saturated carbocycles. The van der Waals surface area contributed by atoms with E-state index in [1.54, 1.807) is 0 Å². The first-order valence-electron chi connectivity index (χ1n) is 8.31. The zero-order chi connectivity index (χ0) is 15.8. The summed E-state index contributed by atoms with van der Waals surface area (Å²) >= 11 is 0. The Morgan fingerprint density at radius 3 is 2.61 bits per heavy atom. The summed E-state index contributed by atoms with van der Waals surface area (Å²) in [6.07, 6.45) is 6.19. The van der Waals surface area contributed by atoms with Crippen LogP contribution in [0, 0.1) is 6.92 Å². The molecule has 1 atom stereocenters. The molecule has 5 nitrogen and oxygen atoms in total. The van der Waals surface area contributed by atoms with Gasteiger partial charge in [0.15, 0.2) is 0 Å². The maximum atomic E-state index is 12.7. The second kappa shape index (κ2) is 5.81. The number of benzene rings is 1. The Morgan fingerprint density at radius 1 is 1.26 bits per heavy atom. The van der Waals surface area contributed by atoms with Gasteiger partial charge in [-0.05, 0) is 30.9 Å². The van der Waals surface area contributed by atoms with E-state index >= 15 is 0 Å². The molecular weight excluding hydrogens is 288 g/mol. The number of aryl methyl sites for hydroxylation is 1. The molecule has 5 heteroatoms. The summed E-state index contributed by atoms with van der Waals surface area (Å²) in [5, 5.41) is 7.55. The van der Waals surface area contributed by atoms with Gasteiger partial charge in [0, 0.05) is 25.3 Å². The Bertz CT molecular complexity index is 686. The Hall–Kier alpha value is -2.14. The third-order valence-corrected chi connectivity index (χ3v) is 4.65. The molecule has 0 bridgehead atoms. The molecule has 0 radical (unpaired) electrons. The van der Waals surface area contributed by atoms with E-state index in [1.165, 1.54) is 5.56 Å². The highest BCUT2D eigenvalue weighted by Gasteiger charge is 2.39. The number of rotatable bonds is 5. The number of nitrogens with zero attached hydrogens (tertiary/aromatic N) is 3. The summed E-state index contributed by atoms with van der Waals surface area (Å²) in [6.45, 7) is 3.77. The summed E-state index contributed by atoms with van der Waals surface area (Å²) in [5.41, 5.74) is 2.25. The molecule has 1 N–H and O–H groups in total. The fraction of sp³-hybridized carbons (Fsp3) is 0.444. The zero-order valence-corrected chi connectivity index (χ0v) is 13.4. The smallest absolute Gasteiger partial charge is 0.242 e. The van der Waals surface area contributed by atoms with Crippen LogP contribution < -0.4 is 5.32 Å². The first-order valence-corrected chi connectivity index (χ1v) is 8.31. The lowest BCUT2D eigenvalue weighted by Crippen LogP contribution is -2.53. The number of aromatic nitrogens is 2. The van der Waals surface area contributed by atoms with Crippen molar-refractivity contribution in [3.63, 3.8) is 0 Å². The topological polar surface area (TPSA) is 50.2 Å². The number of carbonyl (C=O) groups excluding carboxylic acids is 1. The van der Waals surface area contributed by atoms with Crippen LogP contribution in [0.1, 0.15) is 36.1 Å². The predicted octanol–water partition coefficient (Wildman–Crippen LogP) is 2.07. The second-order valence-corrected chi connectivity index (χ2v) is 6.70. The van der Waals surface area contributed by atoms with E-state index in [9.17, 15) is 4.79 Å². The van der Waals surface area contributed by atoms with Crippen LogP contribution in [0.3, 0.4) is 0 Å². The van der Waals surface area contributed by atoms with Crippen LogP contribution in [0.5, 0.6) is 0 Å². The van der Waals surface area contributed by atoms with Gasteiger partial charge in [0.1, 0.15) is 6.04 Å². The van der Waals surface area contributed by atoms with Gasteiger partial charge in [0.2, 0.25) is 5.91 Å².